The summed E-state index contributed by atoms with van der Waals surface area (Å²) >= 11 is 0. The van der Waals surface area contributed by atoms with Crippen LogP contribution in [0.5, 0.6) is 0 Å². The third-order valence-electron chi connectivity index (χ3n) is 7.10. The summed E-state index contributed by atoms with van der Waals surface area (Å²) in [4.78, 5) is 24.3. The Balaban J connectivity index is 1.91. The third-order valence-corrected chi connectivity index (χ3v) is 7.10. The highest BCUT2D eigenvalue weighted by Gasteiger charge is 2.36. The number of aliphatic carboxylic acids is 1. The molecule has 1 atom stereocenters. The van der Waals surface area contributed by atoms with Crippen LogP contribution in [0.3, 0.4) is 0 Å². The fourth-order valence-corrected chi connectivity index (χ4v) is 5.10. The fourth-order valence-electron chi connectivity index (χ4n) is 5.10. The first-order valence-electron chi connectivity index (χ1n) is 13.0. The molecule has 1 unspecified atom stereocenters. The number of aryl methyl sites for hydroxylation is 2. The molecular formula is C31H39N3O3. The summed E-state index contributed by atoms with van der Waals surface area (Å²) < 4.78 is 6.17. The van der Waals surface area contributed by atoms with Gasteiger partial charge in [-0.1, -0.05) is 44.2 Å². The van der Waals surface area contributed by atoms with Gasteiger partial charge in [-0.05, 0) is 70.6 Å². The molecule has 1 aromatic carbocycles. The number of hydrogen-bond acceptors (Lipinski definition) is 5. The number of anilines is 1. The van der Waals surface area contributed by atoms with Crippen molar-refractivity contribution in [1.29, 1.82) is 0 Å². The van der Waals surface area contributed by atoms with E-state index in [4.69, 9.17) is 9.72 Å². The van der Waals surface area contributed by atoms with Crippen LogP contribution in [0, 0.1) is 19.3 Å². The number of hydrogen-bond donors (Lipinski definition) is 1. The Labute approximate surface area is 220 Å². The number of carboxylic acid groups (broad SMARTS) is 1. The molecule has 0 aliphatic carbocycles. The van der Waals surface area contributed by atoms with E-state index in [0.29, 0.717) is 11.3 Å². The van der Waals surface area contributed by atoms with Crippen molar-refractivity contribution in [3.8, 4) is 22.4 Å². The molecule has 1 saturated heterocycles. The van der Waals surface area contributed by atoms with Gasteiger partial charge in [0.15, 0.2) is 6.10 Å². The molecule has 196 valence electrons. The zero-order chi connectivity index (χ0) is 27.0. The fraction of sp³-hybridized carbons (Fsp3) is 0.452. The van der Waals surface area contributed by atoms with E-state index < -0.39 is 17.7 Å². The second-order valence-corrected chi connectivity index (χ2v) is 11.8. The van der Waals surface area contributed by atoms with E-state index in [1.54, 1.807) is 6.20 Å². The predicted molar refractivity (Wildman–Crippen MR) is 149 cm³/mol. The van der Waals surface area contributed by atoms with Crippen LogP contribution >= 0.6 is 0 Å². The Morgan fingerprint density at radius 3 is 2.16 bits per heavy atom. The van der Waals surface area contributed by atoms with E-state index in [0.717, 1.165) is 59.7 Å². The van der Waals surface area contributed by atoms with E-state index in [2.05, 4.69) is 48.0 Å². The molecule has 1 fully saturated rings. The summed E-state index contributed by atoms with van der Waals surface area (Å²) in [5.74, 6) is -1.00. The van der Waals surface area contributed by atoms with Gasteiger partial charge in [0.1, 0.15) is 0 Å². The van der Waals surface area contributed by atoms with Crippen LogP contribution in [0.4, 0.5) is 5.69 Å². The molecule has 3 heterocycles. The maximum Gasteiger partial charge on any atom is 0.337 e. The highest BCUT2D eigenvalue weighted by molar-refractivity contribution is 5.88. The van der Waals surface area contributed by atoms with Gasteiger partial charge in [0.2, 0.25) is 0 Å². The molecule has 1 aliphatic heterocycles. The Morgan fingerprint density at radius 1 is 1.00 bits per heavy atom. The normalized spacial score (nSPS) is 16.5. The lowest BCUT2D eigenvalue weighted by molar-refractivity contribution is -0.160. The number of ether oxygens (including phenoxy) is 1. The van der Waals surface area contributed by atoms with Crippen molar-refractivity contribution in [2.75, 3.05) is 18.0 Å². The quantitative estimate of drug-likeness (QED) is 0.392. The first-order valence-corrected chi connectivity index (χ1v) is 13.0. The molecule has 0 bridgehead atoms. The van der Waals surface area contributed by atoms with Gasteiger partial charge in [-0.2, -0.15) is 0 Å². The smallest absolute Gasteiger partial charge is 0.337 e. The van der Waals surface area contributed by atoms with Gasteiger partial charge in [-0.15, -0.1) is 0 Å². The second kappa shape index (κ2) is 10.3. The number of nitrogens with zero attached hydrogens (tertiary/aromatic N) is 3. The predicted octanol–water partition coefficient (Wildman–Crippen LogP) is 6.99. The summed E-state index contributed by atoms with van der Waals surface area (Å²) in [5.41, 5.74) is 6.70. The number of carbonyl (C=O) groups is 1. The molecule has 2 aromatic heterocycles. The van der Waals surface area contributed by atoms with E-state index >= 15 is 0 Å². The Morgan fingerprint density at radius 2 is 1.62 bits per heavy atom. The van der Waals surface area contributed by atoms with Crippen molar-refractivity contribution < 1.29 is 14.6 Å². The lowest BCUT2D eigenvalue weighted by atomic mass is 9.81. The third kappa shape index (κ3) is 6.02. The molecule has 0 spiro atoms. The molecule has 0 amide bonds. The molecule has 1 aliphatic rings. The van der Waals surface area contributed by atoms with E-state index in [1.807, 2.05) is 52.8 Å². The van der Waals surface area contributed by atoms with Crippen LogP contribution in [0.2, 0.25) is 0 Å². The van der Waals surface area contributed by atoms with Crippen LogP contribution in [0.1, 0.15) is 70.5 Å². The van der Waals surface area contributed by atoms with Crippen molar-refractivity contribution in [1.82, 2.24) is 9.97 Å². The number of benzene rings is 1. The van der Waals surface area contributed by atoms with Gasteiger partial charge in [-0.3, -0.25) is 9.97 Å². The number of rotatable bonds is 6. The second-order valence-electron chi connectivity index (χ2n) is 11.8. The molecule has 6 nitrogen and oxygen atoms in total. The van der Waals surface area contributed by atoms with E-state index in [1.165, 1.54) is 0 Å². The van der Waals surface area contributed by atoms with Crippen molar-refractivity contribution >= 4 is 11.7 Å². The molecular weight excluding hydrogens is 462 g/mol. The van der Waals surface area contributed by atoms with Gasteiger partial charge in [0.25, 0.3) is 0 Å². The zero-order valence-corrected chi connectivity index (χ0v) is 23.1. The molecule has 37 heavy (non-hydrogen) atoms. The molecule has 1 N–H and O–H groups in total. The summed E-state index contributed by atoms with van der Waals surface area (Å²) in [6, 6.07) is 14.2. The largest absolute Gasteiger partial charge is 0.479 e. The van der Waals surface area contributed by atoms with Crippen LogP contribution < -0.4 is 4.90 Å². The summed E-state index contributed by atoms with van der Waals surface area (Å²) in [7, 11) is 0. The maximum absolute atomic E-state index is 12.6. The van der Waals surface area contributed by atoms with Crippen LogP contribution in [-0.4, -0.2) is 39.7 Å². The monoisotopic (exact) mass is 501 g/mol. The average molecular weight is 502 g/mol. The minimum atomic E-state index is -1.12. The Hall–Kier alpha value is -3.25. The number of piperidine rings is 1. The van der Waals surface area contributed by atoms with Gasteiger partial charge < -0.3 is 14.7 Å². The van der Waals surface area contributed by atoms with Gasteiger partial charge in [-0.25, -0.2) is 4.79 Å². The van der Waals surface area contributed by atoms with Gasteiger partial charge in [0.05, 0.1) is 17.0 Å². The van der Waals surface area contributed by atoms with Crippen LogP contribution in [-0.2, 0) is 9.53 Å². The summed E-state index contributed by atoms with van der Waals surface area (Å²) in [6.45, 7) is 15.9. The van der Waals surface area contributed by atoms with Gasteiger partial charge in [0, 0.05) is 47.4 Å². The molecule has 0 saturated carbocycles. The summed E-state index contributed by atoms with van der Waals surface area (Å²) in [6.07, 6.45) is 2.73. The van der Waals surface area contributed by atoms with Crippen LogP contribution in [0.15, 0.2) is 48.7 Å². The van der Waals surface area contributed by atoms with Crippen molar-refractivity contribution in [3.63, 3.8) is 0 Å². The highest BCUT2D eigenvalue weighted by atomic mass is 16.5. The minimum Gasteiger partial charge on any atom is -0.479 e. The Kier molecular flexibility index (Phi) is 7.43. The molecule has 3 aromatic rings. The SMILES string of the molecule is Cc1nc(C)c(C(OC(C)(C)C)C(=O)O)c(N2CCC(C)(C)CC2)c1-c1ccc(-c2ccccn2)cc1. The molecule has 6 heteroatoms. The topological polar surface area (TPSA) is 75.6 Å². The first kappa shape index (κ1) is 26.8. The molecule has 0 radical (unpaired) electrons. The lowest BCUT2D eigenvalue weighted by Crippen LogP contribution is -2.39. The Bertz CT molecular complexity index is 1250. The van der Waals surface area contributed by atoms with Crippen LogP contribution in [0.25, 0.3) is 22.4 Å². The number of carboxylic acids is 1. The lowest BCUT2D eigenvalue weighted by Gasteiger charge is -2.41. The van der Waals surface area contributed by atoms with Crippen molar-refractivity contribution in [3.05, 3.63) is 65.6 Å². The average Bonchev–Trinajstić information content (AvgIpc) is 2.83. The summed E-state index contributed by atoms with van der Waals surface area (Å²) in [5, 5.41) is 10.3. The standard InChI is InChI=1S/C31H39N3O3/c1-20-25(23-13-11-22(12-14-23)24-10-8-9-17-32-24)27(34-18-15-31(6,7)16-19-34)26(21(2)33-20)28(29(35)36)37-30(3,4)5/h8-14,17,28H,15-16,18-19H2,1-7H3,(H,35,36). The minimum absolute atomic E-state index is 0.256. The van der Waals surface area contributed by atoms with Crippen molar-refractivity contribution in [2.24, 2.45) is 5.41 Å². The highest BCUT2D eigenvalue weighted by Crippen LogP contribution is 2.45. The number of pyridine rings is 2. The molecule has 4 rings (SSSR count). The van der Waals surface area contributed by atoms with E-state index in [-0.39, 0.29) is 5.41 Å². The van der Waals surface area contributed by atoms with E-state index in [9.17, 15) is 9.90 Å². The zero-order valence-electron chi connectivity index (χ0n) is 23.1. The van der Waals surface area contributed by atoms with Gasteiger partial charge >= 0.3 is 5.97 Å². The number of aromatic nitrogens is 2. The van der Waals surface area contributed by atoms with Crippen molar-refractivity contribution in [2.45, 2.75) is 73.0 Å². The maximum atomic E-state index is 12.6. The first-order chi connectivity index (χ1) is 17.4.